The zero-order valence-corrected chi connectivity index (χ0v) is 9.88. The summed E-state index contributed by atoms with van der Waals surface area (Å²) in [5.74, 6) is -1.11. The molecule has 0 heterocycles. The van der Waals surface area contributed by atoms with Crippen LogP contribution >= 0.6 is 11.6 Å². The van der Waals surface area contributed by atoms with E-state index in [-0.39, 0.29) is 5.56 Å². The van der Waals surface area contributed by atoms with Gasteiger partial charge < -0.3 is 10.4 Å². The van der Waals surface area contributed by atoms with Gasteiger partial charge in [0, 0.05) is 10.6 Å². The van der Waals surface area contributed by atoms with Crippen LogP contribution in [0.2, 0.25) is 5.02 Å². The van der Waals surface area contributed by atoms with Gasteiger partial charge in [-0.15, -0.1) is 0 Å². The molecule has 1 aliphatic carbocycles. The minimum Gasteiger partial charge on any atom is -0.480 e. The van der Waals surface area contributed by atoms with E-state index < -0.39 is 17.8 Å². The second-order valence-corrected chi connectivity index (χ2v) is 4.73. The Morgan fingerprint density at radius 2 is 2.29 bits per heavy atom. The van der Waals surface area contributed by atoms with E-state index >= 15 is 0 Å². The Labute approximate surface area is 104 Å². The Kier molecular flexibility index (Phi) is 3.64. The van der Waals surface area contributed by atoms with Gasteiger partial charge >= 0.3 is 5.97 Å². The number of halogens is 2. The molecule has 0 aliphatic heterocycles. The number of hydrogen-bond donors (Lipinski definition) is 2. The molecule has 2 rings (SSSR count). The summed E-state index contributed by atoms with van der Waals surface area (Å²) in [4.78, 5) is 11.1. The summed E-state index contributed by atoms with van der Waals surface area (Å²) in [5.41, 5.74) is 0.0886. The van der Waals surface area contributed by atoms with Gasteiger partial charge in [-0.05, 0) is 43.5 Å². The van der Waals surface area contributed by atoms with Crippen LogP contribution in [0.5, 0.6) is 0 Å². The summed E-state index contributed by atoms with van der Waals surface area (Å²) >= 11 is 5.75. The van der Waals surface area contributed by atoms with E-state index in [2.05, 4.69) is 5.32 Å². The molecule has 2 N–H and O–H groups in total. The first-order valence-electron chi connectivity index (χ1n) is 5.49. The fourth-order valence-electron chi connectivity index (χ4n) is 1.67. The Bertz CT molecular complexity index is 435. The molecule has 1 aliphatic rings. The van der Waals surface area contributed by atoms with Crippen LogP contribution in [-0.4, -0.2) is 17.6 Å². The van der Waals surface area contributed by atoms with E-state index in [0.717, 1.165) is 12.8 Å². The van der Waals surface area contributed by atoms with E-state index in [1.165, 1.54) is 18.2 Å². The topological polar surface area (TPSA) is 49.3 Å². The Balaban J connectivity index is 2.17. The molecule has 0 saturated heterocycles. The van der Waals surface area contributed by atoms with Crippen LogP contribution in [0.25, 0.3) is 0 Å². The lowest BCUT2D eigenvalue weighted by molar-refractivity contribution is -0.139. The summed E-state index contributed by atoms with van der Waals surface area (Å²) in [7, 11) is 0. The molecule has 1 fully saturated rings. The highest BCUT2D eigenvalue weighted by atomic mass is 35.5. The van der Waals surface area contributed by atoms with Gasteiger partial charge in [0.05, 0.1) is 0 Å². The third kappa shape index (κ3) is 3.17. The highest BCUT2D eigenvalue weighted by molar-refractivity contribution is 6.30. The van der Waals surface area contributed by atoms with E-state index in [9.17, 15) is 9.18 Å². The predicted octanol–water partition coefficient (Wildman–Crippen LogP) is 2.60. The number of carboxylic acids is 1. The minimum atomic E-state index is -1.09. The molecule has 17 heavy (non-hydrogen) atoms. The predicted molar refractivity (Wildman–Crippen MR) is 62.5 cm³/mol. The summed E-state index contributed by atoms with van der Waals surface area (Å²) < 4.78 is 13.6. The van der Waals surface area contributed by atoms with Crippen molar-refractivity contribution >= 4 is 17.6 Å². The Morgan fingerprint density at radius 3 is 2.88 bits per heavy atom. The average Bonchev–Trinajstić information content (AvgIpc) is 3.06. The molecule has 0 spiro atoms. The number of hydrogen-bond acceptors (Lipinski definition) is 2. The lowest BCUT2D eigenvalue weighted by Crippen LogP contribution is -2.30. The summed E-state index contributed by atoms with van der Waals surface area (Å²) in [5, 5.41) is 12.3. The molecule has 1 aromatic rings. The fraction of sp³-hybridized carbons (Fsp3) is 0.417. The average molecular weight is 258 g/mol. The van der Waals surface area contributed by atoms with Crippen molar-refractivity contribution in [2.45, 2.75) is 18.9 Å². The lowest BCUT2D eigenvalue weighted by Gasteiger charge is -2.15. The molecule has 1 atom stereocenters. The van der Waals surface area contributed by atoms with Gasteiger partial charge in [0.15, 0.2) is 0 Å². The fourth-order valence-corrected chi connectivity index (χ4v) is 1.85. The highest BCUT2D eigenvalue weighted by Gasteiger charge is 2.27. The second kappa shape index (κ2) is 5.02. The monoisotopic (exact) mass is 257 g/mol. The molecule has 0 aromatic heterocycles. The summed E-state index contributed by atoms with van der Waals surface area (Å²) in [6.07, 6.45) is 2.22. The van der Waals surface area contributed by atoms with Crippen molar-refractivity contribution in [2.24, 2.45) is 5.92 Å². The molecule has 0 amide bonds. The first-order valence-corrected chi connectivity index (χ1v) is 5.87. The van der Waals surface area contributed by atoms with Gasteiger partial charge in [-0.25, -0.2) is 4.39 Å². The van der Waals surface area contributed by atoms with Crippen LogP contribution in [-0.2, 0) is 4.79 Å². The molecule has 1 unspecified atom stereocenters. The van der Waals surface area contributed by atoms with Gasteiger partial charge in [-0.2, -0.15) is 0 Å². The zero-order valence-electron chi connectivity index (χ0n) is 9.12. The molecule has 0 bridgehead atoms. The first kappa shape index (κ1) is 12.3. The molecule has 0 radical (unpaired) electrons. The maximum Gasteiger partial charge on any atom is 0.325 e. The van der Waals surface area contributed by atoms with E-state index in [1.807, 2.05) is 0 Å². The van der Waals surface area contributed by atoms with Crippen molar-refractivity contribution < 1.29 is 14.3 Å². The quantitative estimate of drug-likeness (QED) is 0.853. The van der Waals surface area contributed by atoms with Crippen molar-refractivity contribution in [1.82, 2.24) is 5.32 Å². The van der Waals surface area contributed by atoms with Crippen molar-refractivity contribution in [1.29, 1.82) is 0 Å². The number of carboxylic acid groups (broad SMARTS) is 1. The molecule has 92 valence electrons. The van der Waals surface area contributed by atoms with Crippen LogP contribution in [0.1, 0.15) is 24.4 Å². The van der Waals surface area contributed by atoms with Crippen LogP contribution in [0.4, 0.5) is 4.39 Å². The Morgan fingerprint density at radius 1 is 1.59 bits per heavy atom. The Hall–Kier alpha value is -1.13. The van der Waals surface area contributed by atoms with Crippen molar-refractivity contribution in [3.63, 3.8) is 0 Å². The standard InChI is InChI=1S/C12H13ClFNO2/c13-8-3-4-10(14)9(5-8)11(12(16)17)15-6-7-1-2-7/h3-5,7,11,15H,1-2,6H2,(H,16,17). The van der Waals surface area contributed by atoms with Gasteiger partial charge in [-0.3, -0.25) is 4.79 Å². The van der Waals surface area contributed by atoms with Crippen molar-refractivity contribution in [3.8, 4) is 0 Å². The number of benzene rings is 1. The molecular formula is C12H13ClFNO2. The maximum absolute atomic E-state index is 13.6. The maximum atomic E-state index is 13.6. The molecule has 3 nitrogen and oxygen atoms in total. The van der Waals surface area contributed by atoms with E-state index in [1.54, 1.807) is 0 Å². The highest BCUT2D eigenvalue weighted by Crippen LogP contribution is 2.29. The minimum absolute atomic E-state index is 0.0886. The summed E-state index contributed by atoms with van der Waals surface area (Å²) in [6, 6.07) is 2.91. The smallest absolute Gasteiger partial charge is 0.325 e. The molecule has 1 aromatic carbocycles. The third-order valence-electron chi connectivity index (χ3n) is 2.82. The van der Waals surface area contributed by atoms with Crippen LogP contribution in [0, 0.1) is 11.7 Å². The van der Waals surface area contributed by atoms with Gasteiger partial charge in [0.25, 0.3) is 0 Å². The molecular weight excluding hydrogens is 245 g/mol. The third-order valence-corrected chi connectivity index (χ3v) is 3.06. The largest absolute Gasteiger partial charge is 0.480 e. The molecule has 1 saturated carbocycles. The number of aliphatic carboxylic acids is 1. The van der Waals surface area contributed by atoms with Crippen molar-refractivity contribution in [3.05, 3.63) is 34.6 Å². The van der Waals surface area contributed by atoms with Gasteiger partial charge in [0.1, 0.15) is 11.9 Å². The number of nitrogens with one attached hydrogen (secondary N) is 1. The number of carbonyl (C=O) groups is 1. The van der Waals surface area contributed by atoms with Gasteiger partial charge in [-0.1, -0.05) is 11.6 Å². The SMILES string of the molecule is O=C(O)C(NCC1CC1)c1cc(Cl)ccc1F. The van der Waals surface area contributed by atoms with E-state index in [0.29, 0.717) is 17.5 Å². The van der Waals surface area contributed by atoms with Gasteiger partial charge in [0.2, 0.25) is 0 Å². The zero-order chi connectivity index (χ0) is 12.4. The van der Waals surface area contributed by atoms with Crippen LogP contribution in [0.3, 0.4) is 0 Å². The van der Waals surface area contributed by atoms with Crippen LogP contribution in [0.15, 0.2) is 18.2 Å². The van der Waals surface area contributed by atoms with E-state index in [4.69, 9.17) is 16.7 Å². The molecule has 5 heteroatoms. The van der Waals surface area contributed by atoms with Crippen LogP contribution < -0.4 is 5.32 Å². The normalized spacial score (nSPS) is 16.8. The number of rotatable bonds is 5. The first-order chi connectivity index (χ1) is 8.08. The summed E-state index contributed by atoms with van der Waals surface area (Å²) in [6.45, 7) is 0.600. The van der Waals surface area contributed by atoms with Crippen molar-refractivity contribution in [2.75, 3.05) is 6.54 Å². The second-order valence-electron chi connectivity index (χ2n) is 4.29. The lowest BCUT2D eigenvalue weighted by atomic mass is 10.1.